The first-order valence-electron chi connectivity index (χ1n) is 5.73. The van der Waals surface area contributed by atoms with E-state index in [2.05, 4.69) is 9.88 Å². The standard InChI is InChI=1S/C11H17N3S/c12-9-3-4-14(5-9)6-10-11(8-1-2-8)13-7-15-10/h7-9H,1-6,12H2. The molecular formula is C11H17N3S. The Morgan fingerprint density at radius 1 is 1.47 bits per heavy atom. The molecule has 1 unspecified atom stereocenters. The zero-order chi connectivity index (χ0) is 10.3. The van der Waals surface area contributed by atoms with E-state index < -0.39 is 0 Å². The van der Waals surface area contributed by atoms with Crippen molar-refractivity contribution < 1.29 is 0 Å². The summed E-state index contributed by atoms with van der Waals surface area (Å²) in [7, 11) is 0. The fourth-order valence-electron chi connectivity index (χ4n) is 2.30. The van der Waals surface area contributed by atoms with Crippen LogP contribution in [0.1, 0.15) is 35.8 Å². The summed E-state index contributed by atoms with van der Waals surface area (Å²) in [6, 6.07) is 0.391. The SMILES string of the molecule is NC1CCN(Cc2scnc2C2CC2)C1. The van der Waals surface area contributed by atoms with Crippen molar-refractivity contribution in [1.29, 1.82) is 0 Å². The molecule has 0 spiro atoms. The molecule has 0 bridgehead atoms. The van der Waals surface area contributed by atoms with Crippen molar-refractivity contribution in [3.05, 3.63) is 16.1 Å². The third-order valence-electron chi connectivity index (χ3n) is 3.31. The van der Waals surface area contributed by atoms with Crippen molar-refractivity contribution in [2.24, 2.45) is 5.73 Å². The minimum Gasteiger partial charge on any atom is -0.326 e. The van der Waals surface area contributed by atoms with Gasteiger partial charge in [-0.25, -0.2) is 4.98 Å². The van der Waals surface area contributed by atoms with E-state index in [9.17, 15) is 0 Å². The normalized spacial score (nSPS) is 27.4. The Morgan fingerprint density at radius 3 is 3.00 bits per heavy atom. The van der Waals surface area contributed by atoms with Crippen LogP contribution in [-0.2, 0) is 6.54 Å². The predicted molar refractivity (Wildman–Crippen MR) is 62.0 cm³/mol. The number of aromatic nitrogens is 1. The van der Waals surface area contributed by atoms with Gasteiger partial charge in [0.2, 0.25) is 0 Å². The second-order valence-electron chi connectivity index (χ2n) is 4.72. The van der Waals surface area contributed by atoms with Gasteiger partial charge in [-0.05, 0) is 19.3 Å². The second kappa shape index (κ2) is 3.85. The molecule has 1 saturated heterocycles. The van der Waals surface area contributed by atoms with Crippen molar-refractivity contribution in [2.75, 3.05) is 13.1 Å². The lowest BCUT2D eigenvalue weighted by Gasteiger charge is -2.14. The molecule has 1 aliphatic heterocycles. The summed E-state index contributed by atoms with van der Waals surface area (Å²) >= 11 is 1.81. The maximum absolute atomic E-state index is 5.91. The molecule has 0 aromatic carbocycles. The maximum Gasteiger partial charge on any atom is 0.0798 e. The van der Waals surface area contributed by atoms with Crippen LogP contribution in [0.4, 0.5) is 0 Å². The van der Waals surface area contributed by atoms with Crippen molar-refractivity contribution in [3.63, 3.8) is 0 Å². The summed E-state index contributed by atoms with van der Waals surface area (Å²) in [4.78, 5) is 8.44. The van der Waals surface area contributed by atoms with E-state index in [4.69, 9.17) is 5.73 Å². The quantitative estimate of drug-likeness (QED) is 0.845. The summed E-state index contributed by atoms with van der Waals surface area (Å²) in [5.41, 5.74) is 9.28. The molecule has 2 N–H and O–H groups in total. The molecule has 15 heavy (non-hydrogen) atoms. The molecule has 0 radical (unpaired) electrons. The monoisotopic (exact) mass is 223 g/mol. The molecule has 3 nitrogen and oxygen atoms in total. The van der Waals surface area contributed by atoms with E-state index in [1.54, 1.807) is 0 Å². The van der Waals surface area contributed by atoms with Gasteiger partial charge in [0, 0.05) is 36.5 Å². The van der Waals surface area contributed by atoms with Crippen LogP contribution < -0.4 is 5.73 Å². The highest BCUT2D eigenvalue weighted by Crippen LogP contribution is 2.42. The van der Waals surface area contributed by atoms with Gasteiger partial charge >= 0.3 is 0 Å². The minimum atomic E-state index is 0.391. The van der Waals surface area contributed by atoms with E-state index in [1.807, 2.05) is 16.8 Å². The van der Waals surface area contributed by atoms with Crippen LogP contribution in [0, 0.1) is 0 Å². The predicted octanol–water partition coefficient (Wildman–Crippen LogP) is 1.55. The van der Waals surface area contributed by atoms with Gasteiger partial charge in [0.15, 0.2) is 0 Å². The molecule has 1 aromatic heterocycles. The lowest BCUT2D eigenvalue weighted by atomic mass is 10.2. The first kappa shape index (κ1) is 9.75. The molecule has 2 aliphatic rings. The lowest BCUT2D eigenvalue weighted by molar-refractivity contribution is 0.328. The van der Waals surface area contributed by atoms with Crippen molar-refractivity contribution in [3.8, 4) is 0 Å². The van der Waals surface area contributed by atoms with E-state index in [-0.39, 0.29) is 0 Å². The minimum absolute atomic E-state index is 0.391. The summed E-state index contributed by atoms with van der Waals surface area (Å²) in [6.07, 6.45) is 3.84. The third kappa shape index (κ3) is 2.07. The number of likely N-dealkylation sites (tertiary alicyclic amines) is 1. The van der Waals surface area contributed by atoms with Crippen LogP contribution in [0.25, 0.3) is 0 Å². The molecule has 1 atom stereocenters. The molecular weight excluding hydrogens is 206 g/mol. The largest absolute Gasteiger partial charge is 0.326 e. The number of thiazole rings is 1. The molecule has 2 fully saturated rings. The topological polar surface area (TPSA) is 42.1 Å². The zero-order valence-corrected chi connectivity index (χ0v) is 9.67. The van der Waals surface area contributed by atoms with Crippen LogP contribution in [-0.4, -0.2) is 29.0 Å². The van der Waals surface area contributed by atoms with Gasteiger partial charge in [-0.1, -0.05) is 0 Å². The molecule has 1 aromatic rings. The van der Waals surface area contributed by atoms with Crippen LogP contribution in [0.15, 0.2) is 5.51 Å². The Morgan fingerprint density at radius 2 is 2.33 bits per heavy atom. The Bertz CT molecular complexity index is 345. The maximum atomic E-state index is 5.91. The van der Waals surface area contributed by atoms with Crippen molar-refractivity contribution in [1.82, 2.24) is 9.88 Å². The fraction of sp³-hybridized carbons (Fsp3) is 0.727. The fourth-order valence-corrected chi connectivity index (χ4v) is 3.19. The van der Waals surface area contributed by atoms with Crippen molar-refractivity contribution >= 4 is 11.3 Å². The van der Waals surface area contributed by atoms with Gasteiger partial charge in [0.1, 0.15) is 0 Å². The highest BCUT2D eigenvalue weighted by molar-refractivity contribution is 7.09. The highest BCUT2D eigenvalue weighted by Gasteiger charge is 2.29. The summed E-state index contributed by atoms with van der Waals surface area (Å²) in [6.45, 7) is 3.29. The van der Waals surface area contributed by atoms with E-state index in [0.717, 1.165) is 32.0 Å². The number of hydrogen-bond donors (Lipinski definition) is 1. The average molecular weight is 223 g/mol. The number of nitrogens with two attached hydrogens (primary N) is 1. The Balaban J connectivity index is 1.68. The van der Waals surface area contributed by atoms with Crippen LogP contribution >= 0.6 is 11.3 Å². The number of nitrogens with zero attached hydrogens (tertiary/aromatic N) is 2. The average Bonchev–Trinajstić information content (AvgIpc) is 2.83. The van der Waals surface area contributed by atoms with Crippen LogP contribution in [0.3, 0.4) is 0 Å². The van der Waals surface area contributed by atoms with Gasteiger partial charge in [-0.3, -0.25) is 4.90 Å². The Labute approximate surface area is 94.3 Å². The summed E-state index contributed by atoms with van der Waals surface area (Å²) in [5.74, 6) is 0.780. The molecule has 1 saturated carbocycles. The van der Waals surface area contributed by atoms with Crippen molar-refractivity contribution in [2.45, 2.75) is 37.8 Å². The second-order valence-corrected chi connectivity index (χ2v) is 5.66. The Kier molecular flexibility index (Phi) is 2.50. The highest BCUT2D eigenvalue weighted by atomic mass is 32.1. The molecule has 3 rings (SSSR count). The Hall–Kier alpha value is -0.450. The number of hydrogen-bond acceptors (Lipinski definition) is 4. The first-order valence-corrected chi connectivity index (χ1v) is 6.61. The van der Waals surface area contributed by atoms with E-state index in [1.165, 1.54) is 23.4 Å². The molecule has 0 amide bonds. The van der Waals surface area contributed by atoms with Crippen LogP contribution in [0.2, 0.25) is 0 Å². The third-order valence-corrected chi connectivity index (χ3v) is 4.15. The molecule has 2 heterocycles. The van der Waals surface area contributed by atoms with E-state index >= 15 is 0 Å². The molecule has 1 aliphatic carbocycles. The zero-order valence-electron chi connectivity index (χ0n) is 8.85. The number of rotatable bonds is 3. The van der Waals surface area contributed by atoms with Gasteiger partial charge < -0.3 is 5.73 Å². The summed E-state index contributed by atoms with van der Waals surface area (Å²) in [5, 5.41) is 0. The van der Waals surface area contributed by atoms with Gasteiger partial charge in [0.05, 0.1) is 11.2 Å². The summed E-state index contributed by atoms with van der Waals surface area (Å²) < 4.78 is 0. The van der Waals surface area contributed by atoms with Crippen LogP contribution in [0.5, 0.6) is 0 Å². The smallest absolute Gasteiger partial charge is 0.0798 e. The van der Waals surface area contributed by atoms with Gasteiger partial charge in [-0.15, -0.1) is 11.3 Å². The molecule has 82 valence electrons. The van der Waals surface area contributed by atoms with Gasteiger partial charge in [-0.2, -0.15) is 0 Å². The first-order chi connectivity index (χ1) is 7.33. The van der Waals surface area contributed by atoms with Gasteiger partial charge in [0.25, 0.3) is 0 Å². The molecule has 4 heteroatoms. The lowest BCUT2D eigenvalue weighted by Crippen LogP contribution is -2.26. The van der Waals surface area contributed by atoms with E-state index in [0.29, 0.717) is 6.04 Å².